The summed E-state index contributed by atoms with van der Waals surface area (Å²) in [5.74, 6) is -0.650. The van der Waals surface area contributed by atoms with Crippen LogP contribution in [0.4, 0.5) is 5.13 Å². The fourth-order valence-electron chi connectivity index (χ4n) is 3.13. The second-order valence-electron chi connectivity index (χ2n) is 6.58. The number of carbonyl (C=O) groups is 3. The molecule has 142 valence electrons. The summed E-state index contributed by atoms with van der Waals surface area (Å²) in [6, 6.07) is 6.74. The van der Waals surface area contributed by atoms with Crippen LogP contribution in [0.1, 0.15) is 45.5 Å². The predicted octanol–water partition coefficient (Wildman–Crippen LogP) is 3.80. The highest BCUT2D eigenvalue weighted by molar-refractivity contribution is 7.17. The summed E-state index contributed by atoms with van der Waals surface area (Å²) in [7, 11) is 0. The molecule has 0 saturated carbocycles. The van der Waals surface area contributed by atoms with E-state index >= 15 is 0 Å². The molecule has 0 radical (unpaired) electrons. The van der Waals surface area contributed by atoms with E-state index in [0.29, 0.717) is 45.8 Å². The van der Waals surface area contributed by atoms with Gasteiger partial charge in [-0.3, -0.25) is 14.4 Å². The molecular formula is C19H20ClN3O3S. The number of nitrogens with zero attached hydrogens (tertiary/aromatic N) is 2. The summed E-state index contributed by atoms with van der Waals surface area (Å²) in [6.45, 7) is 4.21. The zero-order valence-corrected chi connectivity index (χ0v) is 16.7. The summed E-state index contributed by atoms with van der Waals surface area (Å²) in [5, 5.41) is 3.79. The molecular weight excluding hydrogens is 386 g/mol. The summed E-state index contributed by atoms with van der Waals surface area (Å²) >= 11 is 7.05. The van der Waals surface area contributed by atoms with Gasteiger partial charge in [0.25, 0.3) is 5.91 Å². The number of thiazole rings is 1. The highest BCUT2D eigenvalue weighted by atomic mass is 35.5. The number of hydrogen-bond acceptors (Lipinski definition) is 5. The van der Waals surface area contributed by atoms with Crippen molar-refractivity contribution < 1.29 is 14.4 Å². The van der Waals surface area contributed by atoms with Crippen LogP contribution in [0.2, 0.25) is 5.02 Å². The van der Waals surface area contributed by atoms with E-state index in [9.17, 15) is 14.4 Å². The van der Waals surface area contributed by atoms with Gasteiger partial charge in [-0.25, -0.2) is 4.98 Å². The van der Waals surface area contributed by atoms with Crippen LogP contribution in [-0.2, 0) is 4.79 Å². The molecule has 0 aliphatic carbocycles. The summed E-state index contributed by atoms with van der Waals surface area (Å²) in [4.78, 5) is 43.3. The molecule has 0 spiro atoms. The smallest absolute Gasteiger partial charge is 0.253 e. The van der Waals surface area contributed by atoms with E-state index in [1.807, 2.05) is 0 Å². The quantitative estimate of drug-likeness (QED) is 0.784. The van der Waals surface area contributed by atoms with Gasteiger partial charge in [0.1, 0.15) is 0 Å². The Bertz CT molecular complexity index is 879. The van der Waals surface area contributed by atoms with Crippen molar-refractivity contribution in [3.8, 4) is 0 Å². The minimum atomic E-state index is -0.306. The molecule has 1 aliphatic heterocycles. The number of Topliss-reactive ketones (excluding diaryl/α,β-unsaturated/α-hetero) is 1. The largest absolute Gasteiger partial charge is 0.338 e. The molecule has 1 aromatic carbocycles. The van der Waals surface area contributed by atoms with E-state index in [2.05, 4.69) is 10.3 Å². The number of nitrogens with one attached hydrogen (secondary N) is 1. The Morgan fingerprint density at radius 3 is 2.59 bits per heavy atom. The van der Waals surface area contributed by atoms with Gasteiger partial charge < -0.3 is 10.2 Å². The molecule has 8 heteroatoms. The molecule has 3 rings (SSSR count). The number of halogens is 1. The minimum Gasteiger partial charge on any atom is -0.338 e. The third kappa shape index (κ3) is 4.54. The second-order valence-corrected chi connectivity index (χ2v) is 8.01. The van der Waals surface area contributed by atoms with Crippen molar-refractivity contribution >= 4 is 45.7 Å². The zero-order chi connectivity index (χ0) is 19.6. The van der Waals surface area contributed by atoms with Crippen molar-refractivity contribution in [2.45, 2.75) is 26.7 Å². The molecule has 1 aliphatic rings. The van der Waals surface area contributed by atoms with Crippen LogP contribution >= 0.6 is 22.9 Å². The average molecular weight is 406 g/mol. The highest BCUT2D eigenvalue weighted by Crippen LogP contribution is 2.25. The predicted molar refractivity (Wildman–Crippen MR) is 106 cm³/mol. The maximum atomic E-state index is 12.7. The van der Waals surface area contributed by atoms with E-state index in [4.69, 9.17) is 11.6 Å². The number of carbonyl (C=O) groups excluding carboxylic acids is 3. The molecule has 0 bridgehead atoms. The Hall–Kier alpha value is -2.25. The first-order chi connectivity index (χ1) is 12.8. The fraction of sp³-hybridized carbons (Fsp3) is 0.368. The first-order valence-corrected chi connectivity index (χ1v) is 9.88. The van der Waals surface area contributed by atoms with Crippen molar-refractivity contribution in [2.75, 3.05) is 18.4 Å². The maximum absolute atomic E-state index is 12.7. The van der Waals surface area contributed by atoms with Gasteiger partial charge in [-0.1, -0.05) is 22.9 Å². The molecule has 1 unspecified atom stereocenters. The van der Waals surface area contributed by atoms with Crippen molar-refractivity contribution in [1.82, 2.24) is 9.88 Å². The minimum absolute atomic E-state index is 0.0668. The van der Waals surface area contributed by atoms with E-state index in [0.717, 1.165) is 6.42 Å². The number of ketones is 1. The SMILES string of the molecule is CC(=O)c1sc(NC(=O)C2CCCN(C(=O)c3ccc(Cl)cc3)C2)nc1C. The number of amides is 2. The summed E-state index contributed by atoms with van der Waals surface area (Å²) in [6.07, 6.45) is 1.47. The van der Waals surface area contributed by atoms with Gasteiger partial charge in [-0.2, -0.15) is 0 Å². The van der Waals surface area contributed by atoms with Gasteiger partial charge in [0, 0.05) is 30.6 Å². The number of anilines is 1. The Morgan fingerprint density at radius 1 is 1.26 bits per heavy atom. The second kappa shape index (κ2) is 8.19. The van der Waals surface area contributed by atoms with E-state index in [1.54, 1.807) is 36.1 Å². The molecule has 2 heterocycles. The highest BCUT2D eigenvalue weighted by Gasteiger charge is 2.29. The topological polar surface area (TPSA) is 79.4 Å². The number of aromatic nitrogens is 1. The van der Waals surface area contributed by atoms with Crippen LogP contribution in [0.5, 0.6) is 0 Å². The average Bonchev–Trinajstić information content (AvgIpc) is 3.02. The maximum Gasteiger partial charge on any atom is 0.253 e. The molecule has 1 aromatic heterocycles. The van der Waals surface area contributed by atoms with E-state index in [-0.39, 0.29) is 23.5 Å². The molecule has 1 saturated heterocycles. The van der Waals surface area contributed by atoms with Crippen LogP contribution in [0.15, 0.2) is 24.3 Å². The van der Waals surface area contributed by atoms with Crippen molar-refractivity contribution in [3.63, 3.8) is 0 Å². The van der Waals surface area contributed by atoms with Gasteiger partial charge in [-0.05, 0) is 44.0 Å². The van der Waals surface area contributed by atoms with E-state index < -0.39 is 0 Å². The molecule has 1 fully saturated rings. The molecule has 1 N–H and O–H groups in total. The van der Waals surface area contributed by atoms with Gasteiger partial charge in [0.2, 0.25) is 5.91 Å². The molecule has 2 aromatic rings. The Balaban J connectivity index is 1.65. The summed E-state index contributed by atoms with van der Waals surface area (Å²) < 4.78 is 0. The van der Waals surface area contributed by atoms with E-state index in [1.165, 1.54) is 18.3 Å². The fourth-order valence-corrected chi connectivity index (χ4v) is 4.13. The lowest BCUT2D eigenvalue weighted by Gasteiger charge is -2.32. The number of piperidine rings is 1. The number of hydrogen-bond donors (Lipinski definition) is 1. The van der Waals surface area contributed by atoms with Crippen molar-refractivity contribution in [3.05, 3.63) is 45.4 Å². The Labute approximate surface area is 166 Å². The summed E-state index contributed by atoms with van der Waals surface area (Å²) in [5.41, 5.74) is 1.17. The van der Waals surface area contributed by atoms with Crippen LogP contribution in [0.25, 0.3) is 0 Å². The lowest BCUT2D eigenvalue weighted by Crippen LogP contribution is -2.43. The molecule has 6 nitrogen and oxygen atoms in total. The number of rotatable bonds is 4. The number of likely N-dealkylation sites (tertiary alicyclic amines) is 1. The Morgan fingerprint density at radius 2 is 1.96 bits per heavy atom. The Kier molecular flexibility index (Phi) is 5.92. The third-order valence-electron chi connectivity index (χ3n) is 4.52. The van der Waals surface area contributed by atoms with Gasteiger partial charge in [0.15, 0.2) is 10.9 Å². The lowest BCUT2D eigenvalue weighted by molar-refractivity contribution is -0.121. The standard InChI is InChI=1S/C19H20ClN3O3S/c1-11-16(12(2)24)27-19(21-11)22-17(25)14-4-3-9-23(10-14)18(26)13-5-7-15(20)8-6-13/h5-8,14H,3-4,9-10H2,1-2H3,(H,21,22,25). The molecule has 2 amide bonds. The van der Waals surface area contributed by atoms with Gasteiger partial charge in [0.05, 0.1) is 16.5 Å². The normalized spacial score (nSPS) is 16.9. The lowest BCUT2D eigenvalue weighted by atomic mass is 9.96. The monoisotopic (exact) mass is 405 g/mol. The number of benzene rings is 1. The van der Waals surface area contributed by atoms with Crippen LogP contribution in [-0.4, -0.2) is 40.6 Å². The third-order valence-corrected chi connectivity index (χ3v) is 5.94. The van der Waals surface area contributed by atoms with Crippen LogP contribution in [0, 0.1) is 12.8 Å². The van der Waals surface area contributed by atoms with Crippen LogP contribution in [0.3, 0.4) is 0 Å². The number of aryl methyl sites for hydroxylation is 1. The van der Waals surface area contributed by atoms with Gasteiger partial charge in [-0.15, -0.1) is 0 Å². The van der Waals surface area contributed by atoms with Gasteiger partial charge >= 0.3 is 0 Å². The zero-order valence-electron chi connectivity index (χ0n) is 15.1. The van der Waals surface area contributed by atoms with Crippen molar-refractivity contribution in [1.29, 1.82) is 0 Å². The molecule has 27 heavy (non-hydrogen) atoms. The first kappa shape index (κ1) is 19.5. The molecule has 1 atom stereocenters. The van der Waals surface area contributed by atoms with Crippen molar-refractivity contribution in [2.24, 2.45) is 5.92 Å². The first-order valence-electron chi connectivity index (χ1n) is 8.69. The van der Waals surface area contributed by atoms with Crippen LogP contribution < -0.4 is 5.32 Å².